The lowest BCUT2D eigenvalue weighted by Crippen LogP contribution is -2.81. The van der Waals surface area contributed by atoms with Crippen LogP contribution in [0.25, 0.3) is 0 Å². The topological polar surface area (TPSA) is 224 Å². The first-order chi connectivity index (χ1) is 35.1. The largest absolute Gasteiger partial charge is 0.456 e. The van der Waals surface area contributed by atoms with Gasteiger partial charge in [-0.3, -0.25) is 9.59 Å². The van der Waals surface area contributed by atoms with Gasteiger partial charge in [-0.1, -0.05) is 144 Å². The fourth-order valence-corrected chi connectivity index (χ4v) is 16.9. The van der Waals surface area contributed by atoms with Crippen LogP contribution in [0.3, 0.4) is 0 Å². The third-order valence-electron chi connectivity index (χ3n) is 16.9. The van der Waals surface area contributed by atoms with Gasteiger partial charge in [0.25, 0.3) is 8.32 Å². The molecule has 4 aromatic rings. The minimum atomic E-state index is -3.82. The highest BCUT2D eigenvalue weighted by molar-refractivity contribution is 6.98. The van der Waals surface area contributed by atoms with Gasteiger partial charge < -0.3 is 49.1 Å². The van der Waals surface area contributed by atoms with Crippen molar-refractivity contribution < 1.29 is 67.8 Å². The number of ketones is 1. The number of fused-ring (bicyclic) bond motifs is 5. The molecule has 0 radical (unpaired) electrons. The standard InChI is InChI=1S/C59H71NO14Si/c1-35-42(71-52(66)47(63)45(37-23-15-11-16-24-37)60-53(67)74-54(3,4)5)33-59(68)50(72-51(65)38-25-17-12-18-26-38)48-57(10,49(64)46(62)44(35)56(59,8)9)39(31-43-58(48,34-70-43)73-36(2)61)32-55(6,7)75(69,40-27-19-13-20-28-40)41-29-21-14-22-30-41/h11-30,39,42-43,45-48,50,62-63,68-69H,31-34H2,1-10H3,(H,60,67)/t39-,42+,43-,45+,46-,47-,48+,50+,57-,58+,59-/m1/s1. The highest BCUT2D eigenvalue weighted by Crippen LogP contribution is 2.67. The molecule has 5 N–H and O–H groups in total. The molecule has 4 aromatic carbocycles. The number of carbonyl (C=O) groups excluding carboxylic acids is 5. The van der Waals surface area contributed by atoms with Crippen molar-refractivity contribution in [3.63, 3.8) is 0 Å². The van der Waals surface area contributed by atoms with Crippen LogP contribution >= 0.6 is 0 Å². The van der Waals surface area contributed by atoms with Gasteiger partial charge >= 0.3 is 24.0 Å². The van der Waals surface area contributed by atoms with E-state index in [1.54, 1.807) is 97.0 Å². The minimum absolute atomic E-state index is 0.00792. The highest BCUT2D eigenvalue weighted by Gasteiger charge is 2.78. The van der Waals surface area contributed by atoms with E-state index < -0.39 is 126 Å². The van der Waals surface area contributed by atoms with Crippen LogP contribution in [0, 0.1) is 22.7 Å². The van der Waals surface area contributed by atoms with Crippen LogP contribution in [0.4, 0.5) is 4.79 Å². The number of rotatable bonds is 13. The average molecular weight is 1050 g/mol. The van der Waals surface area contributed by atoms with Crippen molar-refractivity contribution in [2.45, 2.75) is 147 Å². The van der Waals surface area contributed by atoms with E-state index in [9.17, 15) is 39.3 Å². The van der Waals surface area contributed by atoms with Crippen molar-refractivity contribution in [2.75, 3.05) is 6.61 Å². The van der Waals surface area contributed by atoms with Gasteiger partial charge in [0.2, 0.25) is 0 Å². The Labute approximate surface area is 439 Å². The molecule has 2 bridgehead atoms. The first-order valence-corrected chi connectivity index (χ1v) is 27.6. The summed E-state index contributed by atoms with van der Waals surface area (Å²) in [6, 6.07) is 33.7. The Morgan fingerprint density at radius 3 is 1.87 bits per heavy atom. The second-order valence-electron chi connectivity index (χ2n) is 23.3. The summed E-state index contributed by atoms with van der Waals surface area (Å²) in [5, 5.41) is 42.1. The van der Waals surface area contributed by atoms with E-state index >= 15 is 4.79 Å². The van der Waals surface area contributed by atoms with Gasteiger partial charge in [-0.2, -0.15) is 0 Å². The van der Waals surface area contributed by atoms with Gasteiger partial charge in [0, 0.05) is 24.2 Å². The number of aliphatic hydroxyl groups excluding tert-OH is 2. The van der Waals surface area contributed by atoms with Gasteiger partial charge in [-0.05, 0) is 90.7 Å². The first kappa shape index (κ1) is 55.2. The van der Waals surface area contributed by atoms with E-state index in [-0.39, 0.29) is 36.2 Å². The van der Waals surface area contributed by atoms with E-state index in [0.717, 1.165) is 10.4 Å². The summed E-state index contributed by atoms with van der Waals surface area (Å²) in [6.07, 6.45) is -9.46. The first-order valence-electron chi connectivity index (χ1n) is 25.6. The van der Waals surface area contributed by atoms with Crippen molar-refractivity contribution in [2.24, 2.45) is 22.7 Å². The van der Waals surface area contributed by atoms with Crippen molar-refractivity contribution >= 4 is 48.5 Å². The number of hydrogen-bond donors (Lipinski definition) is 5. The number of alkyl carbamates (subject to hydrolysis) is 1. The quantitative estimate of drug-likeness (QED) is 0.0421. The number of aliphatic hydroxyl groups is 3. The van der Waals surface area contributed by atoms with Crippen LogP contribution in [0.5, 0.6) is 0 Å². The van der Waals surface area contributed by atoms with Crippen LogP contribution in [0.2, 0.25) is 5.04 Å². The predicted molar refractivity (Wildman–Crippen MR) is 280 cm³/mol. The Hall–Kier alpha value is -6.01. The maximum Gasteiger partial charge on any atom is 0.408 e. The third kappa shape index (κ3) is 9.56. The van der Waals surface area contributed by atoms with E-state index in [2.05, 4.69) is 5.32 Å². The molecule has 0 aromatic heterocycles. The summed E-state index contributed by atoms with van der Waals surface area (Å²) in [7, 11) is -3.82. The molecular formula is C59H71NO14Si. The highest BCUT2D eigenvalue weighted by atomic mass is 28.4. The molecule has 15 nitrogen and oxygen atoms in total. The molecule has 1 aliphatic heterocycles. The van der Waals surface area contributed by atoms with Crippen LogP contribution in [-0.4, -0.2) is 112 Å². The summed E-state index contributed by atoms with van der Waals surface area (Å²) >= 11 is 0. The summed E-state index contributed by atoms with van der Waals surface area (Å²) in [5.74, 6) is -5.85. The number of amides is 1. The second kappa shape index (κ2) is 20.2. The lowest BCUT2D eigenvalue weighted by molar-refractivity contribution is -0.342. The monoisotopic (exact) mass is 1050 g/mol. The molecule has 400 valence electrons. The van der Waals surface area contributed by atoms with Crippen LogP contribution < -0.4 is 15.7 Å². The Morgan fingerprint density at radius 1 is 0.827 bits per heavy atom. The van der Waals surface area contributed by atoms with Crippen molar-refractivity contribution in [1.82, 2.24) is 5.32 Å². The molecule has 0 unspecified atom stereocenters. The number of esters is 3. The molecule has 2 saturated carbocycles. The molecular weight excluding hydrogens is 975 g/mol. The van der Waals surface area contributed by atoms with E-state index in [1.807, 2.05) is 74.5 Å². The molecule has 16 heteroatoms. The third-order valence-corrected chi connectivity index (χ3v) is 21.4. The normalized spacial score (nSPS) is 29.1. The average Bonchev–Trinajstić information content (AvgIpc) is 3.37. The van der Waals surface area contributed by atoms with Crippen molar-refractivity contribution in [3.8, 4) is 0 Å². The zero-order valence-corrected chi connectivity index (χ0v) is 45.4. The summed E-state index contributed by atoms with van der Waals surface area (Å²) < 4.78 is 31.2. The maximum atomic E-state index is 16.3. The number of Topliss-reactive ketones (excluding diaryl/α,β-unsaturated/α-hetero) is 1. The minimum Gasteiger partial charge on any atom is -0.456 e. The molecule has 8 rings (SSSR count). The number of ether oxygens (including phenoxy) is 5. The van der Waals surface area contributed by atoms with Crippen LogP contribution in [0.15, 0.2) is 132 Å². The Morgan fingerprint density at radius 2 is 1.36 bits per heavy atom. The van der Waals surface area contributed by atoms with E-state index in [0.29, 0.717) is 5.56 Å². The smallest absolute Gasteiger partial charge is 0.408 e. The fraction of sp³-hybridized carbons (Fsp3) is 0.475. The molecule has 11 atom stereocenters. The molecule has 75 heavy (non-hydrogen) atoms. The molecule has 3 aliphatic carbocycles. The van der Waals surface area contributed by atoms with Crippen molar-refractivity contribution in [1.29, 1.82) is 0 Å². The molecule has 3 fully saturated rings. The van der Waals surface area contributed by atoms with Crippen molar-refractivity contribution in [3.05, 3.63) is 144 Å². The van der Waals surface area contributed by atoms with Gasteiger partial charge in [0.15, 0.2) is 17.5 Å². The Kier molecular flexibility index (Phi) is 14.9. The number of nitrogens with one attached hydrogen (secondary N) is 1. The molecule has 1 heterocycles. The summed E-state index contributed by atoms with van der Waals surface area (Å²) in [5.41, 5.74) is -7.92. The Balaban J connectivity index is 1.31. The van der Waals surface area contributed by atoms with E-state index in [1.165, 1.54) is 19.1 Å². The lowest BCUT2D eigenvalue weighted by atomic mass is 9.42. The zero-order chi connectivity index (χ0) is 54.7. The molecule has 1 saturated heterocycles. The molecule has 0 spiro atoms. The Bertz CT molecular complexity index is 2780. The van der Waals surface area contributed by atoms with E-state index in [4.69, 9.17) is 23.7 Å². The fourth-order valence-electron chi connectivity index (χ4n) is 13.1. The number of benzene rings is 4. The molecule has 4 aliphatic rings. The zero-order valence-electron chi connectivity index (χ0n) is 44.4. The SMILES string of the molecule is CC(=O)O[C@@]12CO[C@@H]1C[C@H](CC(C)(C)[Si](O)(c1ccccc1)c1ccccc1)[C@@]1(C)C(=O)[C@H](O)C3=C(C)[C@@H](OC(=O)[C@H](O)[C@@H](NC(=O)OC(C)(C)C)c4ccccc4)C[C@@](O)([C@@H](OC(=O)c4ccccc4)[C@H]21)C3(C)C. The van der Waals surface area contributed by atoms with Crippen LogP contribution in [-0.2, 0) is 38.1 Å². The number of carbonyl (C=O) groups is 5. The summed E-state index contributed by atoms with van der Waals surface area (Å²) in [4.78, 5) is 85.9. The van der Waals surface area contributed by atoms with Crippen LogP contribution in [0.1, 0.15) is 110 Å². The molecule has 1 amide bonds. The lowest BCUT2D eigenvalue weighted by Gasteiger charge is -2.68. The summed E-state index contributed by atoms with van der Waals surface area (Å²) in [6.45, 7) is 16.3. The van der Waals surface area contributed by atoms with Gasteiger partial charge in [0.05, 0.1) is 24.1 Å². The van der Waals surface area contributed by atoms with Gasteiger partial charge in [-0.15, -0.1) is 0 Å². The van der Waals surface area contributed by atoms with Gasteiger partial charge in [0.1, 0.15) is 35.6 Å². The number of hydrogen-bond acceptors (Lipinski definition) is 14. The second-order valence-corrected chi connectivity index (χ2v) is 27.2. The predicted octanol–water partition coefficient (Wildman–Crippen LogP) is 6.44. The maximum absolute atomic E-state index is 16.3. The van der Waals surface area contributed by atoms with Gasteiger partial charge in [-0.25, -0.2) is 14.4 Å².